The smallest absolute Gasteiger partial charge is 0.243 e. The molecule has 1 saturated carbocycles. The second-order valence-electron chi connectivity index (χ2n) is 10.8. The summed E-state index contributed by atoms with van der Waals surface area (Å²) < 4.78 is 33.5. The Labute approximate surface area is 223 Å². The van der Waals surface area contributed by atoms with Gasteiger partial charge in [0.25, 0.3) is 0 Å². The lowest BCUT2D eigenvalue weighted by Crippen LogP contribution is -2.49. The lowest BCUT2D eigenvalue weighted by molar-refractivity contribution is 0.383. The molecule has 2 fully saturated rings. The molecular weight excluding hydrogens is 504 g/mol. The Kier molecular flexibility index (Phi) is 6.88. The van der Waals surface area contributed by atoms with Crippen molar-refractivity contribution in [2.75, 3.05) is 38.2 Å². The Morgan fingerprint density at radius 3 is 2.41 bits per heavy atom. The molecule has 3 aromatic rings. The molecule has 0 amide bonds. The number of aromatic nitrogens is 2. The normalized spacial score (nSPS) is 21.8. The Morgan fingerprint density at radius 2 is 1.70 bits per heavy atom. The van der Waals surface area contributed by atoms with Crippen molar-refractivity contribution in [1.29, 1.82) is 0 Å². The standard InChI is InChI=1S/C28H36N4O3S2/c1-19-8-13-23-24(18-19)36-28-25(23)27(29-26(30-28)20-6-4-3-5-7-20)31-14-16-32(17-15-31)37(33,34)22-11-9-21(35-2)10-12-22/h9-12,19-20H,3-8,13-18H2,1-2H3. The molecule has 1 atom stereocenters. The predicted octanol–water partition coefficient (Wildman–Crippen LogP) is 5.38. The maximum atomic E-state index is 13.3. The van der Waals surface area contributed by atoms with Gasteiger partial charge < -0.3 is 9.64 Å². The zero-order valence-electron chi connectivity index (χ0n) is 21.8. The summed E-state index contributed by atoms with van der Waals surface area (Å²) in [6.07, 6.45) is 9.56. The molecule has 198 valence electrons. The number of rotatable bonds is 5. The number of benzene rings is 1. The zero-order chi connectivity index (χ0) is 25.6. The Hall–Kier alpha value is -2.23. The van der Waals surface area contributed by atoms with Crippen molar-refractivity contribution in [1.82, 2.24) is 14.3 Å². The van der Waals surface area contributed by atoms with Crippen LogP contribution in [0.15, 0.2) is 29.2 Å². The Balaban J connectivity index is 1.31. The van der Waals surface area contributed by atoms with Crippen molar-refractivity contribution in [3.8, 4) is 5.75 Å². The molecule has 1 saturated heterocycles. The highest BCUT2D eigenvalue weighted by molar-refractivity contribution is 7.89. The summed E-state index contributed by atoms with van der Waals surface area (Å²) in [4.78, 5) is 15.7. The minimum Gasteiger partial charge on any atom is -0.497 e. The van der Waals surface area contributed by atoms with E-state index in [4.69, 9.17) is 14.7 Å². The zero-order valence-corrected chi connectivity index (χ0v) is 23.4. The van der Waals surface area contributed by atoms with Gasteiger partial charge in [0.15, 0.2) is 0 Å². The van der Waals surface area contributed by atoms with Crippen LogP contribution in [0.3, 0.4) is 0 Å². The third kappa shape index (κ3) is 4.74. The molecule has 0 radical (unpaired) electrons. The summed E-state index contributed by atoms with van der Waals surface area (Å²) >= 11 is 1.87. The molecule has 9 heteroatoms. The summed E-state index contributed by atoms with van der Waals surface area (Å²) in [5.74, 6) is 3.84. The van der Waals surface area contributed by atoms with Crippen molar-refractivity contribution in [3.05, 3.63) is 40.5 Å². The molecule has 0 spiro atoms. The van der Waals surface area contributed by atoms with Gasteiger partial charge in [0.1, 0.15) is 22.2 Å². The number of hydrogen-bond donors (Lipinski definition) is 0. The van der Waals surface area contributed by atoms with Gasteiger partial charge >= 0.3 is 0 Å². The first kappa shape index (κ1) is 25.1. The Bertz CT molecular complexity index is 1370. The number of fused-ring (bicyclic) bond motifs is 3. The topological polar surface area (TPSA) is 75.6 Å². The lowest BCUT2D eigenvalue weighted by atomic mass is 9.88. The summed E-state index contributed by atoms with van der Waals surface area (Å²) in [5, 5.41) is 1.23. The van der Waals surface area contributed by atoms with Gasteiger partial charge in [-0.05, 0) is 67.9 Å². The fraction of sp³-hybridized carbons (Fsp3) is 0.571. The molecule has 1 aromatic carbocycles. The number of anilines is 1. The first-order valence-corrected chi connectivity index (χ1v) is 15.9. The summed E-state index contributed by atoms with van der Waals surface area (Å²) in [5.41, 5.74) is 1.44. The van der Waals surface area contributed by atoms with Crippen LogP contribution in [-0.4, -0.2) is 56.0 Å². The van der Waals surface area contributed by atoms with Gasteiger partial charge in [0, 0.05) is 37.0 Å². The number of ether oxygens (including phenoxy) is 1. The van der Waals surface area contributed by atoms with E-state index in [-0.39, 0.29) is 0 Å². The maximum Gasteiger partial charge on any atom is 0.243 e. The third-order valence-electron chi connectivity index (χ3n) is 8.36. The van der Waals surface area contributed by atoms with E-state index < -0.39 is 10.0 Å². The number of methoxy groups -OCH3 is 1. The van der Waals surface area contributed by atoms with Gasteiger partial charge in [-0.3, -0.25) is 0 Å². The molecule has 0 bridgehead atoms. The fourth-order valence-electron chi connectivity index (χ4n) is 6.15. The van der Waals surface area contributed by atoms with Crippen molar-refractivity contribution in [2.24, 2.45) is 5.92 Å². The van der Waals surface area contributed by atoms with Crippen LogP contribution in [0.5, 0.6) is 5.75 Å². The van der Waals surface area contributed by atoms with Crippen LogP contribution in [0.2, 0.25) is 0 Å². The van der Waals surface area contributed by atoms with E-state index in [9.17, 15) is 8.42 Å². The molecule has 7 nitrogen and oxygen atoms in total. The van der Waals surface area contributed by atoms with E-state index in [1.807, 2.05) is 11.3 Å². The number of hydrogen-bond acceptors (Lipinski definition) is 7. The summed E-state index contributed by atoms with van der Waals surface area (Å²) in [7, 11) is -1.97. The molecule has 0 N–H and O–H groups in total. The van der Waals surface area contributed by atoms with Crippen molar-refractivity contribution >= 4 is 37.4 Å². The number of sulfonamides is 1. The molecule has 6 rings (SSSR count). The first-order valence-electron chi connectivity index (χ1n) is 13.7. The van der Waals surface area contributed by atoms with Gasteiger partial charge in [0.2, 0.25) is 10.0 Å². The average molecular weight is 541 g/mol. The van der Waals surface area contributed by atoms with E-state index in [2.05, 4.69) is 11.8 Å². The number of aryl methyl sites for hydroxylation is 1. The SMILES string of the molecule is COc1ccc(S(=O)(=O)N2CCN(c3nc(C4CCCCC4)nc4sc5c(c34)CCC(C)C5)CC2)cc1. The minimum absolute atomic E-state index is 0.312. The van der Waals surface area contributed by atoms with Crippen LogP contribution >= 0.6 is 11.3 Å². The summed E-state index contributed by atoms with van der Waals surface area (Å²) in [6, 6.07) is 6.66. The lowest BCUT2D eigenvalue weighted by Gasteiger charge is -2.35. The van der Waals surface area contributed by atoms with Gasteiger partial charge in [-0.25, -0.2) is 18.4 Å². The van der Waals surface area contributed by atoms with Crippen LogP contribution in [0, 0.1) is 5.92 Å². The molecule has 37 heavy (non-hydrogen) atoms. The van der Waals surface area contributed by atoms with Gasteiger partial charge in [-0.15, -0.1) is 11.3 Å². The molecule has 2 aromatic heterocycles. The third-order valence-corrected chi connectivity index (χ3v) is 11.4. The first-order chi connectivity index (χ1) is 17.9. The van der Waals surface area contributed by atoms with E-state index in [0.29, 0.717) is 48.7 Å². The van der Waals surface area contributed by atoms with Gasteiger partial charge in [0.05, 0.1) is 17.4 Å². The molecule has 2 aliphatic carbocycles. The quantitative estimate of drug-likeness (QED) is 0.432. The van der Waals surface area contributed by atoms with Crippen molar-refractivity contribution < 1.29 is 13.2 Å². The minimum atomic E-state index is -3.55. The number of nitrogens with zero attached hydrogens (tertiary/aromatic N) is 4. The monoisotopic (exact) mass is 540 g/mol. The molecule has 1 aliphatic heterocycles. The summed E-state index contributed by atoms with van der Waals surface area (Å²) in [6.45, 7) is 4.50. The number of thiophene rings is 1. The van der Waals surface area contributed by atoms with E-state index in [1.54, 1.807) is 35.7 Å². The average Bonchev–Trinajstić information content (AvgIpc) is 3.30. The highest BCUT2D eigenvalue weighted by Gasteiger charge is 2.32. The second kappa shape index (κ2) is 10.2. The molecular formula is C28H36N4O3S2. The van der Waals surface area contributed by atoms with Crippen LogP contribution in [-0.2, 0) is 22.9 Å². The second-order valence-corrected chi connectivity index (χ2v) is 13.9. The van der Waals surface area contributed by atoms with Crippen molar-refractivity contribution in [3.63, 3.8) is 0 Å². The maximum absolute atomic E-state index is 13.3. The Morgan fingerprint density at radius 1 is 0.973 bits per heavy atom. The van der Waals surface area contributed by atoms with Crippen LogP contribution < -0.4 is 9.64 Å². The fourth-order valence-corrected chi connectivity index (χ4v) is 8.95. The van der Waals surface area contributed by atoms with Crippen LogP contribution in [0.4, 0.5) is 5.82 Å². The molecule has 3 aliphatic rings. The highest BCUT2D eigenvalue weighted by atomic mass is 32.2. The van der Waals surface area contributed by atoms with E-state index in [0.717, 1.165) is 29.3 Å². The largest absolute Gasteiger partial charge is 0.497 e. The predicted molar refractivity (Wildman–Crippen MR) is 148 cm³/mol. The molecule has 1 unspecified atom stereocenters. The van der Waals surface area contributed by atoms with Gasteiger partial charge in [-0.1, -0.05) is 26.2 Å². The van der Waals surface area contributed by atoms with Crippen LogP contribution in [0.25, 0.3) is 10.2 Å². The number of piperazine rings is 1. The van der Waals surface area contributed by atoms with E-state index >= 15 is 0 Å². The van der Waals surface area contributed by atoms with Crippen LogP contribution in [0.1, 0.15) is 67.6 Å². The van der Waals surface area contributed by atoms with E-state index in [1.165, 1.54) is 54.4 Å². The highest BCUT2D eigenvalue weighted by Crippen LogP contribution is 2.43. The van der Waals surface area contributed by atoms with Gasteiger partial charge in [-0.2, -0.15) is 4.31 Å². The van der Waals surface area contributed by atoms with Crippen molar-refractivity contribution in [2.45, 2.75) is 69.1 Å². The molecule has 3 heterocycles.